The Balaban J connectivity index is 1.91. The van der Waals surface area contributed by atoms with Crippen LogP contribution in [0.15, 0.2) is 17.5 Å². The van der Waals surface area contributed by atoms with Gasteiger partial charge in [-0.05, 0) is 18.4 Å². The smallest absolute Gasteiger partial charge is 0.358 e. The van der Waals surface area contributed by atoms with Crippen LogP contribution in [0.1, 0.15) is 33.5 Å². The second-order valence-corrected chi connectivity index (χ2v) is 7.17. The van der Waals surface area contributed by atoms with Crippen molar-refractivity contribution in [3.05, 3.63) is 33.8 Å². The minimum absolute atomic E-state index is 0.0837. The van der Waals surface area contributed by atoms with Crippen molar-refractivity contribution in [1.29, 1.82) is 0 Å². The monoisotopic (exact) mass is 376 g/mol. The lowest BCUT2D eigenvalue weighted by Crippen LogP contribution is -2.30. The molecule has 0 saturated carbocycles. The van der Waals surface area contributed by atoms with Crippen molar-refractivity contribution in [2.75, 3.05) is 19.5 Å². The summed E-state index contributed by atoms with van der Waals surface area (Å²) in [5.74, 6) is -1.53. The summed E-state index contributed by atoms with van der Waals surface area (Å²) >= 11 is 1.51. The van der Waals surface area contributed by atoms with Gasteiger partial charge >= 0.3 is 5.97 Å². The number of aromatic nitrogens is 2. The first-order valence-electron chi connectivity index (χ1n) is 8.07. The van der Waals surface area contributed by atoms with Crippen LogP contribution in [0.3, 0.4) is 0 Å². The highest BCUT2D eigenvalue weighted by molar-refractivity contribution is 7.10. The fourth-order valence-corrected chi connectivity index (χ4v) is 4.24. The number of carbonyl (C=O) groups excluding carboxylic acids is 3. The number of rotatable bonds is 4. The lowest BCUT2D eigenvalue weighted by Gasteiger charge is -2.23. The Morgan fingerprint density at radius 1 is 1.38 bits per heavy atom. The molecule has 1 fully saturated rings. The minimum Gasteiger partial charge on any atom is -0.464 e. The zero-order valence-corrected chi connectivity index (χ0v) is 15.8. The number of hydrogen-bond acceptors (Lipinski definition) is 6. The van der Waals surface area contributed by atoms with Gasteiger partial charge in [-0.25, -0.2) is 4.79 Å². The Kier molecular flexibility index (Phi) is 4.82. The van der Waals surface area contributed by atoms with E-state index in [1.807, 2.05) is 17.5 Å². The standard InChI is InChI=1S/C17H20N4O4S/c1-9-13(15(17(24)25-4)21(3)19-9)18-16(23)10-8-12(22)20(2)14(10)11-6-5-7-26-11/h5-7,10,14H,8H2,1-4H3,(H,18,23). The second kappa shape index (κ2) is 6.91. The van der Waals surface area contributed by atoms with E-state index in [2.05, 4.69) is 10.4 Å². The van der Waals surface area contributed by atoms with Crippen LogP contribution in [0.4, 0.5) is 5.69 Å². The van der Waals surface area contributed by atoms with Crippen LogP contribution in [0.25, 0.3) is 0 Å². The molecule has 1 aliphatic heterocycles. The van der Waals surface area contributed by atoms with Gasteiger partial charge < -0.3 is 15.0 Å². The van der Waals surface area contributed by atoms with Crippen molar-refractivity contribution >= 4 is 34.8 Å². The van der Waals surface area contributed by atoms with Gasteiger partial charge in [0.2, 0.25) is 11.8 Å². The van der Waals surface area contributed by atoms with Crippen molar-refractivity contribution in [2.24, 2.45) is 13.0 Å². The number of nitrogens with zero attached hydrogens (tertiary/aromatic N) is 3. The fraction of sp³-hybridized carbons (Fsp3) is 0.412. The van der Waals surface area contributed by atoms with Gasteiger partial charge in [0, 0.05) is 25.4 Å². The lowest BCUT2D eigenvalue weighted by atomic mass is 9.97. The normalized spacial score (nSPS) is 19.7. The molecular weight excluding hydrogens is 356 g/mol. The van der Waals surface area contributed by atoms with Gasteiger partial charge in [0.15, 0.2) is 5.69 Å². The molecule has 2 aromatic heterocycles. The Labute approximate surface area is 154 Å². The molecule has 0 aromatic carbocycles. The Hall–Kier alpha value is -2.68. The third-order valence-electron chi connectivity index (χ3n) is 4.61. The van der Waals surface area contributed by atoms with E-state index in [4.69, 9.17) is 4.74 Å². The molecule has 9 heteroatoms. The molecular formula is C17H20N4O4S. The van der Waals surface area contributed by atoms with Crippen LogP contribution in [-0.2, 0) is 21.4 Å². The topological polar surface area (TPSA) is 93.5 Å². The number of nitrogens with one attached hydrogen (secondary N) is 1. The molecule has 3 heterocycles. The highest BCUT2D eigenvalue weighted by Crippen LogP contribution is 2.39. The van der Waals surface area contributed by atoms with Gasteiger partial charge in [0.1, 0.15) is 0 Å². The number of hydrogen-bond donors (Lipinski definition) is 1. The Bertz CT molecular complexity index is 858. The van der Waals surface area contributed by atoms with Crippen molar-refractivity contribution < 1.29 is 19.1 Å². The molecule has 3 rings (SSSR count). The maximum atomic E-state index is 13.0. The number of methoxy groups -OCH3 is 1. The van der Waals surface area contributed by atoms with E-state index in [1.54, 1.807) is 25.9 Å². The summed E-state index contributed by atoms with van der Waals surface area (Å²) in [7, 11) is 4.58. The first kappa shape index (κ1) is 18.1. The quantitative estimate of drug-likeness (QED) is 0.821. The number of likely N-dealkylation sites (tertiary alicyclic amines) is 1. The number of ether oxygens (including phenoxy) is 1. The number of esters is 1. The summed E-state index contributed by atoms with van der Waals surface area (Å²) in [6, 6.07) is 3.49. The van der Waals surface area contributed by atoms with Crippen LogP contribution in [0.2, 0.25) is 0 Å². The van der Waals surface area contributed by atoms with Crippen molar-refractivity contribution in [2.45, 2.75) is 19.4 Å². The Morgan fingerprint density at radius 3 is 2.73 bits per heavy atom. The molecule has 0 spiro atoms. The average Bonchev–Trinajstić information content (AvgIpc) is 3.28. The summed E-state index contributed by atoms with van der Waals surface area (Å²) in [5.41, 5.74) is 0.992. The summed E-state index contributed by atoms with van der Waals surface area (Å²) in [5, 5.41) is 8.90. The second-order valence-electron chi connectivity index (χ2n) is 6.19. The molecule has 26 heavy (non-hydrogen) atoms. The van der Waals surface area contributed by atoms with Gasteiger partial charge in [-0.15, -0.1) is 11.3 Å². The van der Waals surface area contributed by atoms with E-state index in [0.29, 0.717) is 11.4 Å². The van der Waals surface area contributed by atoms with Crippen molar-refractivity contribution in [3.63, 3.8) is 0 Å². The van der Waals surface area contributed by atoms with Crippen LogP contribution in [-0.4, -0.2) is 46.6 Å². The van der Waals surface area contributed by atoms with Crippen molar-refractivity contribution in [3.8, 4) is 0 Å². The molecule has 2 amide bonds. The highest BCUT2D eigenvalue weighted by Gasteiger charge is 2.43. The number of thiophene rings is 1. The minimum atomic E-state index is -0.585. The third-order valence-corrected chi connectivity index (χ3v) is 5.55. The van der Waals surface area contributed by atoms with Crippen molar-refractivity contribution in [1.82, 2.24) is 14.7 Å². The molecule has 8 nitrogen and oxygen atoms in total. The molecule has 2 unspecified atom stereocenters. The third kappa shape index (κ3) is 2.98. The molecule has 2 aromatic rings. The number of aryl methyl sites for hydroxylation is 2. The van der Waals surface area contributed by atoms with E-state index >= 15 is 0 Å². The average molecular weight is 376 g/mol. The molecule has 138 valence electrons. The maximum Gasteiger partial charge on any atom is 0.358 e. The summed E-state index contributed by atoms with van der Waals surface area (Å²) in [6.45, 7) is 1.70. The van der Waals surface area contributed by atoms with Crippen LogP contribution in [0, 0.1) is 12.8 Å². The maximum absolute atomic E-state index is 13.0. The largest absolute Gasteiger partial charge is 0.464 e. The molecule has 1 aliphatic rings. The van der Waals surface area contributed by atoms with E-state index < -0.39 is 11.9 Å². The van der Waals surface area contributed by atoms with Gasteiger partial charge in [0.25, 0.3) is 0 Å². The number of amides is 2. The van der Waals surface area contributed by atoms with Gasteiger partial charge in [-0.3, -0.25) is 14.3 Å². The molecule has 2 atom stereocenters. The molecule has 1 saturated heterocycles. The first-order valence-corrected chi connectivity index (χ1v) is 8.95. The predicted octanol–water partition coefficient (Wildman–Crippen LogP) is 1.73. The van der Waals surface area contributed by atoms with E-state index in [1.165, 1.54) is 23.1 Å². The molecule has 0 aliphatic carbocycles. The predicted molar refractivity (Wildman–Crippen MR) is 95.9 cm³/mol. The van der Waals surface area contributed by atoms with Gasteiger partial charge in [-0.1, -0.05) is 6.07 Å². The molecule has 0 radical (unpaired) electrons. The molecule has 1 N–H and O–H groups in total. The van der Waals surface area contributed by atoms with Crippen LogP contribution >= 0.6 is 11.3 Å². The van der Waals surface area contributed by atoms with E-state index in [0.717, 1.165) is 4.88 Å². The zero-order valence-electron chi connectivity index (χ0n) is 15.0. The van der Waals surface area contributed by atoms with Crippen LogP contribution < -0.4 is 5.32 Å². The van der Waals surface area contributed by atoms with E-state index in [-0.39, 0.29) is 30.0 Å². The Morgan fingerprint density at radius 2 is 2.12 bits per heavy atom. The fourth-order valence-electron chi connectivity index (χ4n) is 3.31. The first-order chi connectivity index (χ1) is 12.3. The van der Waals surface area contributed by atoms with Gasteiger partial charge in [-0.2, -0.15) is 5.10 Å². The summed E-state index contributed by atoms with van der Waals surface area (Å²) < 4.78 is 6.16. The summed E-state index contributed by atoms with van der Waals surface area (Å²) in [6.07, 6.45) is 0.123. The lowest BCUT2D eigenvalue weighted by molar-refractivity contribution is -0.127. The zero-order chi connectivity index (χ0) is 19.0. The SMILES string of the molecule is COC(=O)c1c(NC(=O)C2CC(=O)N(C)C2c2cccs2)c(C)nn1C. The van der Waals surface area contributed by atoms with Crippen LogP contribution in [0.5, 0.6) is 0 Å². The highest BCUT2D eigenvalue weighted by atomic mass is 32.1. The van der Waals surface area contributed by atoms with E-state index in [9.17, 15) is 14.4 Å². The summed E-state index contributed by atoms with van der Waals surface area (Å²) in [4.78, 5) is 39.8. The molecule has 0 bridgehead atoms. The number of anilines is 1. The van der Waals surface area contributed by atoms with Gasteiger partial charge in [0.05, 0.1) is 30.5 Å². The number of carbonyl (C=O) groups is 3.